The maximum Gasteiger partial charge on any atom is 0.292 e. The highest BCUT2D eigenvalue weighted by Gasteiger charge is 2.27. The lowest BCUT2D eigenvalue weighted by molar-refractivity contribution is 0.0679. The summed E-state index contributed by atoms with van der Waals surface area (Å²) < 4.78 is 1.63. The molecule has 1 N–H and O–H groups in total. The molecular weight excluding hydrogens is 366 g/mol. The van der Waals surface area contributed by atoms with Crippen LogP contribution in [0.1, 0.15) is 46.4 Å². The van der Waals surface area contributed by atoms with E-state index in [0.29, 0.717) is 35.8 Å². The van der Waals surface area contributed by atoms with Crippen LogP contribution in [-0.4, -0.2) is 39.2 Å². The van der Waals surface area contributed by atoms with Gasteiger partial charge in [-0.1, -0.05) is 19.1 Å². The fourth-order valence-electron chi connectivity index (χ4n) is 3.73. The van der Waals surface area contributed by atoms with Gasteiger partial charge in [-0.25, -0.2) is 4.98 Å². The van der Waals surface area contributed by atoms with E-state index in [4.69, 9.17) is 5.26 Å². The van der Waals surface area contributed by atoms with Crippen molar-refractivity contribution < 1.29 is 9.59 Å². The summed E-state index contributed by atoms with van der Waals surface area (Å²) in [4.78, 5) is 32.3. The van der Waals surface area contributed by atoms with Crippen molar-refractivity contribution in [3.63, 3.8) is 0 Å². The van der Waals surface area contributed by atoms with Crippen LogP contribution in [0.4, 0.5) is 5.69 Å². The summed E-state index contributed by atoms with van der Waals surface area (Å²) in [5.74, 6) is 0.00579. The van der Waals surface area contributed by atoms with Crippen LogP contribution in [0.2, 0.25) is 0 Å². The third kappa shape index (κ3) is 3.69. The Bertz CT molecular complexity index is 1130. The predicted molar refractivity (Wildman–Crippen MR) is 109 cm³/mol. The zero-order chi connectivity index (χ0) is 20.4. The number of benzene rings is 1. The van der Waals surface area contributed by atoms with Gasteiger partial charge in [0, 0.05) is 25.0 Å². The fourth-order valence-corrected chi connectivity index (χ4v) is 3.73. The van der Waals surface area contributed by atoms with Gasteiger partial charge in [0.05, 0.1) is 17.1 Å². The molecule has 1 atom stereocenters. The maximum atomic E-state index is 13.1. The van der Waals surface area contributed by atoms with Crippen molar-refractivity contribution in [1.29, 1.82) is 5.26 Å². The number of pyridine rings is 1. The first-order valence-corrected chi connectivity index (χ1v) is 9.64. The van der Waals surface area contributed by atoms with Crippen molar-refractivity contribution in [2.24, 2.45) is 5.92 Å². The van der Waals surface area contributed by atoms with Gasteiger partial charge in [-0.05, 0) is 49.1 Å². The van der Waals surface area contributed by atoms with Crippen LogP contribution < -0.4 is 5.32 Å². The van der Waals surface area contributed by atoms with E-state index in [1.165, 1.54) is 0 Å². The lowest BCUT2D eigenvalue weighted by Crippen LogP contribution is -2.39. The number of carbonyl (C=O) groups is 2. The average molecular weight is 387 g/mol. The molecule has 7 heteroatoms. The van der Waals surface area contributed by atoms with Crippen LogP contribution >= 0.6 is 0 Å². The highest BCUT2D eigenvalue weighted by atomic mass is 16.2. The second-order valence-corrected chi connectivity index (χ2v) is 7.39. The second kappa shape index (κ2) is 7.76. The number of amides is 2. The second-order valence-electron chi connectivity index (χ2n) is 7.39. The number of fused-ring (bicyclic) bond motifs is 1. The maximum absolute atomic E-state index is 13.1. The Balaban J connectivity index is 1.67. The number of likely N-dealkylation sites (tertiary alicyclic amines) is 1. The molecule has 0 radical (unpaired) electrons. The third-order valence-electron chi connectivity index (χ3n) is 5.15. The number of nitrogens with one attached hydrogen (secondary N) is 1. The Hall–Kier alpha value is -3.66. The Morgan fingerprint density at radius 3 is 2.90 bits per heavy atom. The van der Waals surface area contributed by atoms with Gasteiger partial charge in [-0.2, -0.15) is 5.26 Å². The minimum Gasteiger partial charge on any atom is -0.337 e. The Kier molecular flexibility index (Phi) is 5.00. The molecule has 146 valence electrons. The van der Waals surface area contributed by atoms with Gasteiger partial charge < -0.3 is 10.2 Å². The lowest BCUT2D eigenvalue weighted by Gasteiger charge is -2.30. The number of anilines is 1. The van der Waals surface area contributed by atoms with Gasteiger partial charge in [0.15, 0.2) is 5.69 Å². The van der Waals surface area contributed by atoms with Gasteiger partial charge in [-0.15, -0.1) is 0 Å². The smallest absolute Gasteiger partial charge is 0.292 e. The van der Waals surface area contributed by atoms with E-state index >= 15 is 0 Å². The molecule has 0 bridgehead atoms. The molecule has 1 aliphatic heterocycles. The normalized spacial score (nSPS) is 16.4. The first kappa shape index (κ1) is 18.7. The molecule has 1 unspecified atom stereocenters. The van der Waals surface area contributed by atoms with Crippen molar-refractivity contribution in [3.05, 3.63) is 65.7 Å². The minimum atomic E-state index is -0.438. The molecule has 2 amide bonds. The van der Waals surface area contributed by atoms with Crippen molar-refractivity contribution in [2.45, 2.75) is 19.8 Å². The summed E-state index contributed by atoms with van der Waals surface area (Å²) in [7, 11) is 0. The number of carbonyl (C=O) groups excluding carboxylic acids is 2. The van der Waals surface area contributed by atoms with Crippen LogP contribution in [0.25, 0.3) is 5.52 Å². The number of nitrogens with zero attached hydrogens (tertiary/aromatic N) is 4. The summed E-state index contributed by atoms with van der Waals surface area (Å²) in [6.45, 7) is 3.55. The van der Waals surface area contributed by atoms with Gasteiger partial charge in [0.25, 0.3) is 11.8 Å². The van der Waals surface area contributed by atoms with E-state index in [9.17, 15) is 9.59 Å². The standard InChI is InChI=1S/C22H21N5O2/c1-15-6-5-10-26(14-15)22(29)19-18-9-2-3-11-27(18)20(25-19)21(28)24-17-8-4-7-16(12-17)13-23/h2-4,7-9,11-12,15H,5-6,10,14H2,1H3,(H,24,28). The van der Waals surface area contributed by atoms with E-state index < -0.39 is 5.91 Å². The predicted octanol–water partition coefficient (Wildman–Crippen LogP) is 3.33. The molecule has 2 aromatic heterocycles. The summed E-state index contributed by atoms with van der Waals surface area (Å²) in [5, 5.41) is 11.8. The molecule has 3 aromatic rings. The van der Waals surface area contributed by atoms with Gasteiger partial charge in [0.1, 0.15) is 0 Å². The number of nitriles is 1. The van der Waals surface area contributed by atoms with Crippen LogP contribution in [0.15, 0.2) is 48.7 Å². The van der Waals surface area contributed by atoms with Crippen molar-refractivity contribution in [2.75, 3.05) is 18.4 Å². The van der Waals surface area contributed by atoms with Crippen molar-refractivity contribution >= 4 is 23.0 Å². The molecular formula is C22H21N5O2. The van der Waals surface area contributed by atoms with Crippen LogP contribution in [0.5, 0.6) is 0 Å². The zero-order valence-corrected chi connectivity index (χ0v) is 16.1. The number of hydrogen-bond donors (Lipinski definition) is 1. The molecule has 1 aromatic carbocycles. The average Bonchev–Trinajstić information content (AvgIpc) is 3.13. The quantitative estimate of drug-likeness (QED) is 0.746. The number of imidazole rings is 1. The van der Waals surface area contributed by atoms with E-state index in [-0.39, 0.29) is 17.4 Å². The fraction of sp³-hybridized carbons (Fsp3) is 0.273. The topological polar surface area (TPSA) is 90.5 Å². The number of piperidine rings is 1. The molecule has 1 fully saturated rings. The molecule has 3 heterocycles. The number of aromatic nitrogens is 2. The van der Waals surface area contributed by atoms with Crippen molar-refractivity contribution in [1.82, 2.24) is 14.3 Å². The van der Waals surface area contributed by atoms with Gasteiger partial charge in [0.2, 0.25) is 5.82 Å². The van der Waals surface area contributed by atoms with Crippen LogP contribution in [0.3, 0.4) is 0 Å². The number of rotatable bonds is 3. The van der Waals surface area contributed by atoms with E-state index in [1.54, 1.807) is 47.0 Å². The Labute approximate surface area is 168 Å². The summed E-state index contributed by atoms with van der Waals surface area (Å²) in [6.07, 6.45) is 3.81. The SMILES string of the molecule is CC1CCCN(C(=O)c2nc(C(=O)Nc3cccc(C#N)c3)n3ccccc23)C1. The molecule has 1 aliphatic rings. The summed E-state index contributed by atoms with van der Waals surface area (Å²) >= 11 is 0. The lowest BCUT2D eigenvalue weighted by atomic mass is 10.00. The molecule has 7 nitrogen and oxygen atoms in total. The third-order valence-corrected chi connectivity index (χ3v) is 5.15. The van der Waals surface area contributed by atoms with Crippen molar-refractivity contribution in [3.8, 4) is 6.07 Å². The van der Waals surface area contributed by atoms with Crippen LogP contribution in [-0.2, 0) is 0 Å². The summed E-state index contributed by atoms with van der Waals surface area (Å²) in [6, 6.07) is 14.1. The summed E-state index contributed by atoms with van der Waals surface area (Å²) in [5.41, 5.74) is 1.84. The van der Waals surface area contributed by atoms with Gasteiger partial charge >= 0.3 is 0 Å². The highest BCUT2D eigenvalue weighted by molar-refractivity contribution is 6.06. The highest BCUT2D eigenvalue weighted by Crippen LogP contribution is 2.21. The van der Waals surface area contributed by atoms with Gasteiger partial charge in [-0.3, -0.25) is 14.0 Å². The largest absolute Gasteiger partial charge is 0.337 e. The Morgan fingerprint density at radius 2 is 2.10 bits per heavy atom. The van der Waals surface area contributed by atoms with E-state index in [0.717, 1.165) is 12.8 Å². The first-order valence-electron chi connectivity index (χ1n) is 9.64. The molecule has 4 rings (SSSR count). The molecule has 0 saturated carbocycles. The zero-order valence-electron chi connectivity index (χ0n) is 16.1. The number of hydrogen-bond acceptors (Lipinski definition) is 4. The molecule has 29 heavy (non-hydrogen) atoms. The van der Waals surface area contributed by atoms with E-state index in [2.05, 4.69) is 17.2 Å². The molecule has 1 saturated heterocycles. The monoisotopic (exact) mass is 387 g/mol. The van der Waals surface area contributed by atoms with Crippen LogP contribution in [0, 0.1) is 17.2 Å². The Morgan fingerprint density at radius 1 is 1.24 bits per heavy atom. The first-order chi connectivity index (χ1) is 14.1. The van der Waals surface area contributed by atoms with E-state index in [1.807, 2.05) is 17.0 Å². The minimum absolute atomic E-state index is 0.136. The molecule has 0 aliphatic carbocycles. The molecule has 0 spiro atoms.